The number of carbonyl (C=O) groups excluding carboxylic acids is 1. The van der Waals surface area contributed by atoms with Crippen molar-refractivity contribution in [2.75, 3.05) is 0 Å². The van der Waals surface area contributed by atoms with Gasteiger partial charge in [-0.15, -0.1) is 69.8 Å². The van der Waals surface area contributed by atoms with Crippen molar-refractivity contribution in [2.45, 2.75) is 120 Å². The number of hydrogen-bond donors (Lipinski definition) is 1. The number of hydrogen-bond acceptors (Lipinski definition) is 4. The average molecular weight is 952 g/mol. The zero-order valence-corrected chi connectivity index (χ0v) is 38.5. The van der Waals surface area contributed by atoms with Crippen LogP contribution in [0.2, 0.25) is 0 Å². The molecule has 1 radical (unpaired) electrons. The van der Waals surface area contributed by atoms with Gasteiger partial charge < -0.3 is 15.1 Å². The Kier molecular flexibility index (Phi) is 17.0. The van der Waals surface area contributed by atoms with Gasteiger partial charge in [-0.1, -0.05) is 110 Å². The summed E-state index contributed by atoms with van der Waals surface area (Å²) in [5, 5.41) is 14.4. The predicted octanol–water partition coefficient (Wildman–Crippen LogP) is 14.5. The van der Waals surface area contributed by atoms with Gasteiger partial charge in [0.1, 0.15) is 0 Å². The molecule has 7 rings (SSSR count). The first-order valence-corrected chi connectivity index (χ1v) is 21.1. The van der Waals surface area contributed by atoms with Crippen LogP contribution in [-0.4, -0.2) is 20.9 Å². The molecule has 0 bridgehead atoms. The van der Waals surface area contributed by atoms with Gasteiger partial charge in [0.05, 0.1) is 7.13 Å². The normalized spacial score (nSPS) is 13.2. The van der Waals surface area contributed by atoms with Gasteiger partial charge in [0, 0.05) is 50.4 Å². The number of aromatic nitrogens is 2. The first-order valence-electron chi connectivity index (χ1n) is 21.6. The predicted molar refractivity (Wildman–Crippen MR) is 241 cm³/mol. The maximum absolute atomic E-state index is 11.7. The number of aliphatic hydroxyl groups is 1. The molecule has 1 N–H and O–H groups in total. The van der Waals surface area contributed by atoms with Crippen LogP contribution < -0.4 is 0 Å². The Morgan fingerprint density at radius 1 is 0.707 bits per heavy atom. The Bertz CT molecular complexity index is 2330. The number of carbonyl (C=O) groups is 1. The zero-order chi connectivity index (χ0) is 41.9. The molecule has 0 atom stereocenters. The van der Waals surface area contributed by atoms with Crippen molar-refractivity contribution in [3.05, 3.63) is 143 Å². The van der Waals surface area contributed by atoms with Crippen LogP contribution in [0.15, 0.2) is 97.0 Å². The van der Waals surface area contributed by atoms with E-state index in [-0.39, 0.29) is 43.5 Å². The summed E-state index contributed by atoms with van der Waals surface area (Å²) in [5.74, 6) is 1.24. The largest absolute Gasteiger partial charge is 0.512 e. The average Bonchev–Trinajstić information content (AvgIpc) is 3.73. The number of ketones is 1. The summed E-state index contributed by atoms with van der Waals surface area (Å²) in [4.78, 5) is 20.8. The van der Waals surface area contributed by atoms with Crippen LogP contribution in [0.4, 0.5) is 0 Å². The minimum atomic E-state index is 0. The Labute approximate surface area is 363 Å². The SMILES string of the molecule is CCC(CC)C(=O)/C=C(\O)C(CC)CC.Cc1[c-]c(-c2nccc3cc(C)ccc23)cc(C)c1.[2H]c1cc2cc(C3CCCC3)ccc2c(-c2[c-]c(C)cc(C)c2)n1.[Ir]. The fourth-order valence-corrected chi connectivity index (χ4v) is 8.20. The van der Waals surface area contributed by atoms with Gasteiger partial charge >= 0.3 is 0 Å². The fraction of sp³-hybridized carbons (Fsp3) is 0.377. The van der Waals surface area contributed by atoms with E-state index in [2.05, 4.69) is 123 Å². The first kappa shape index (κ1) is 44.7. The minimum Gasteiger partial charge on any atom is -0.512 e. The summed E-state index contributed by atoms with van der Waals surface area (Å²) >= 11 is 0. The van der Waals surface area contributed by atoms with Crippen LogP contribution >= 0.6 is 0 Å². The second-order valence-electron chi connectivity index (χ2n) is 16.0. The molecule has 2 heterocycles. The molecule has 0 saturated heterocycles. The molecule has 0 unspecified atom stereocenters. The van der Waals surface area contributed by atoms with Crippen molar-refractivity contribution in [1.82, 2.24) is 9.97 Å². The van der Waals surface area contributed by atoms with Crippen LogP contribution in [0.25, 0.3) is 44.1 Å². The van der Waals surface area contributed by atoms with Crippen LogP contribution in [0.3, 0.4) is 0 Å². The van der Waals surface area contributed by atoms with E-state index in [0.717, 1.165) is 70.1 Å². The topological polar surface area (TPSA) is 63.1 Å². The van der Waals surface area contributed by atoms with E-state index < -0.39 is 0 Å². The van der Waals surface area contributed by atoms with Crippen LogP contribution in [0.1, 0.15) is 120 Å². The van der Waals surface area contributed by atoms with Gasteiger partial charge in [0.2, 0.25) is 0 Å². The van der Waals surface area contributed by atoms with Gasteiger partial charge in [0.25, 0.3) is 0 Å². The van der Waals surface area contributed by atoms with Gasteiger partial charge in [-0.3, -0.25) is 4.79 Å². The number of rotatable bonds is 10. The van der Waals surface area contributed by atoms with E-state index in [9.17, 15) is 9.90 Å². The molecule has 4 aromatic carbocycles. The van der Waals surface area contributed by atoms with Crippen LogP contribution in [-0.2, 0) is 24.9 Å². The molecule has 0 amide bonds. The first-order chi connectivity index (χ1) is 27.8. The zero-order valence-electron chi connectivity index (χ0n) is 37.1. The van der Waals surface area contributed by atoms with Gasteiger partial charge in [0.15, 0.2) is 5.78 Å². The monoisotopic (exact) mass is 952 g/mol. The number of aliphatic hydroxyl groups excluding tert-OH is 1. The molecule has 0 spiro atoms. The third-order valence-electron chi connectivity index (χ3n) is 11.4. The molecule has 6 aromatic rings. The number of pyridine rings is 2. The molecule has 1 aliphatic carbocycles. The quantitative estimate of drug-likeness (QED) is 0.0844. The molecule has 2 aromatic heterocycles. The number of aryl methyl sites for hydroxylation is 5. The van der Waals surface area contributed by atoms with Crippen LogP contribution in [0.5, 0.6) is 0 Å². The second-order valence-corrected chi connectivity index (χ2v) is 16.0. The summed E-state index contributed by atoms with van der Waals surface area (Å²) in [6.45, 7) is 18.5. The van der Waals surface area contributed by atoms with Crippen molar-refractivity contribution in [2.24, 2.45) is 11.8 Å². The third kappa shape index (κ3) is 12.1. The number of nitrogens with zero attached hydrogens (tertiary/aromatic N) is 2. The minimum absolute atomic E-state index is 0. The van der Waals surface area contributed by atoms with Crippen molar-refractivity contribution < 1.29 is 31.4 Å². The maximum atomic E-state index is 11.7. The van der Waals surface area contributed by atoms with E-state index in [1.807, 2.05) is 40.0 Å². The van der Waals surface area contributed by atoms with Gasteiger partial charge in [-0.25, -0.2) is 0 Å². The Morgan fingerprint density at radius 3 is 1.79 bits per heavy atom. The molecule has 1 fully saturated rings. The summed E-state index contributed by atoms with van der Waals surface area (Å²) < 4.78 is 8.13. The maximum Gasteiger partial charge on any atom is 0.162 e. The van der Waals surface area contributed by atoms with Crippen LogP contribution in [0, 0.1) is 58.6 Å². The number of fused-ring (bicyclic) bond motifs is 2. The van der Waals surface area contributed by atoms with Crippen molar-refractivity contribution >= 4 is 27.3 Å². The number of benzene rings is 4. The van der Waals surface area contributed by atoms with Gasteiger partial charge in [-0.05, 0) is 102 Å². The van der Waals surface area contributed by atoms with E-state index in [1.165, 1.54) is 64.8 Å². The summed E-state index contributed by atoms with van der Waals surface area (Å²) in [7, 11) is 0. The third-order valence-corrected chi connectivity index (χ3v) is 11.4. The smallest absolute Gasteiger partial charge is 0.162 e. The Balaban J connectivity index is 0.000000200. The van der Waals surface area contributed by atoms with Crippen molar-refractivity contribution in [3.63, 3.8) is 0 Å². The van der Waals surface area contributed by atoms with E-state index in [4.69, 9.17) is 1.37 Å². The molecule has 4 nitrogen and oxygen atoms in total. The number of allylic oxidation sites excluding steroid dienone is 2. The standard InChI is InChI=1S/C22H22N.C18H16N.C13H24O2.Ir/c1-15-11-16(2)13-20(12-15)22-21-8-7-18(17-5-3-4-6-17)14-19(21)9-10-23-22;1-12-4-5-17-15(9-12)6-7-19-18(17)16-10-13(2)8-14(3)11-16;1-5-10(6-2)12(14)9-13(15)11(7-3)8-4;/h7-12,14,17H,3-6H2,1-2H3;4-10H,1-3H3;9-11,14H,5-8H2,1-4H3;/q2*-1;;/b;;12-9-;/i10D;;;. The van der Waals surface area contributed by atoms with Crippen molar-refractivity contribution in [3.8, 4) is 22.5 Å². The van der Waals surface area contributed by atoms with Gasteiger partial charge in [-0.2, -0.15) is 0 Å². The molecule has 307 valence electrons. The summed E-state index contributed by atoms with van der Waals surface area (Å²) in [6, 6.07) is 32.5. The molecule has 5 heteroatoms. The van der Waals surface area contributed by atoms with E-state index >= 15 is 0 Å². The molecular formula is C53H62IrN2O2-2. The van der Waals surface area contributed by atoms with Crippen molar-refractivity contribution in [1.29, 1.82) is 0 Å². The molecular weight excluding hydrogens is 889 g/mol. The van der Waals surface area contributed by atoms with E-state index in [1.54, 1.807) is 0 Å². The molecule has 58 heavy (non-hydrogen) atoms. The van der Waals surface area contributed by atoms with E-state index in [0.29, 0.717) is 12.1 Å². The molecule has 1 aliphatic rings. The Hall–Kier alpha value is -4.44. The second kappa shape index (κ2) is 22.1. The molecule has 0 aliphatic heterocycles. The molecule has 1 saturated carbocycles. The Morgan fingerprint density at radius 2 is 1.24 bits per heavy atom. The summed E-state index contributed by atoms with van der Waals surface area (Å²) in [5.41, 5.74) is 11.4. The fourth-order valence-electron chi connectivity index (χ4n) is 8.20. The summed E-state index contributed by atoms with van der Waals surface area (Å²) in [6.07, 6.45) is 12.4.